The fraction of sp³-hybridized carbons (Fsp3) is 1.00. The van der Waals surface area contributed by atoms with Crippen LogP contribution in [0.3, 0.4) is 0 Å². The number of nitrogens with zero attached hydrogens (tertiary/aromatic N) is 1. The Balaban J connectivity index is 1.89. The largest absolute Gasteiger partial charge is 0.314 e. The van der Waals surface area contributed by atoms with Gasteiger partial charge in [-0.25, -0.2) is 0 Å². The van der Waals surface area contributed by atoms with Gasteiger partial charge in [0, 0.05) is 19.1 Å². The van der Waals surface area contributed by atoms with Crippen molar-refractivity contribution in [2.75, 3.05) is 26.2 Å². The minimum atomic E-state index is 0.690. The molecule has 0 amide bonds. The normalized spacial score (nSPS) is 34.8. The standard InChI is InChI=1S/C15H30N2/c1-4-15(7-5-8-15)12-17-9-6-14(3)16-10-13(2)11-17/h13-14,16H,4-12H2,1-3H3. The molecule has 1 aliphatic heterocycles. The Labute approximate surface area is 107 Å². The Hall–Kier alpha value is -0.0800. The van der Waals surface area contributed by atoms with Crippen molar-refractivity contribution in [1.29, 1.82) is 0 Å². The van der Waals surface area contributed by atoms with Crippen LogP contribution in [0, 0.1) is 11.3 Å². The average Bonchev–Trinajstić information content (AvgIpc) is 2.25. The van der Waals surface area contributed by atoms with Gasteiger partial charge in [0.2, 0.25) is 0 Å². The van der Waals surface area contributed by atoms with Crippen molar-refractivity contribution in [3.8, 4) is 0 Å². The lowest BCUT2D eigenvalue weighted by atomic mass is 9.66. The van der Waals surface area contributed by atoms with Gasteiger partial charge < -0.3 is 10.2 Å². The van der Waals surface area contributed by atoms with E-state index >= 15 is 0 Å². The molecule has 0 aromatic carbocycles. The second-order valence-electron chi connectivity index (χ2n) is 6.65. The second-order valence-corrected chi connectivity index (χ2v) is 6.65. The average molecular weight is 238 g/mol. The van der Waals surface area contributed by atoms with Crippen molar-refractivity contribution in [2.24, 2.45) is 11.3 Å². The summed E-state index contributed by atoms with van der Waals surface area (Å²) in [5.41, 5.74) is 0.690. The van der Waals surface area contributed by atoms with Crippen molar-refractivity contribution in [2.45, 2.75) is 58.9 Å². The van der Waals surface area contributed by atoms with Gasteiger partial charge >= 0.3 is 0 Å². The Kier molecular flexibility index (Phi) is 4.48. The summed E-state index contributed by atoms with van der Waals surface area (Å²) in [4.78, 5) is 2.75. The van der Waals surface area contributed by atoms with Gasteiger partial charge in [0.1, 0.15) is 0 Å². The topological polar surface area (TPSA) is 15.3 Å². The minimum Gasteiger partial charge on any atom is -0.314 e. The highest BCUT2D eigenvalue weighted by Gasteiger charge is 2.36. The molecule has 0 bridgehead atoms. The van der Waals surface area contributed by atoms with Crippen LogP contribution < -0.4 is 5.32 Å². The maximum Gasteiger partial charge on any atom is 0.00510 e. The summed E-state index contributed by atoms with van der Waals surface area (Å²) in [6.45, 7) is 12.2. The van der Waals surface area contributed by atoms with E-state index in [-0.39, 0.29) is 0 Å². The molecule has 2 atom stereocenters. The zero-order chi connectivity index (χ0) is 12.3. The molecule has 2 heteroatoms. The van der Waals surface area contributed by atoms with Crippen molar-refractivity contribution < 1.29 is 0 Å². The summed E-state index contributed by atoms with van der Waals surface area (Å²) >= 11 is 0. The fourth-order valence-corrected chi connectivity index (χ4v) is 3.40. The Morgan fingerprint density at radius 3 is 2.65 bits per heavy atom. The highest BCUT2D eigenvalue weighted by molar-refractivity contribution is 4.90. The van der Waals surface area contributed by atoms with Gasteiger partial charge in [0.15, 0.2) is 0 Å². The van der Waals surface area contributed by atoms with E-state index in [1.807, 2.05) is 0 Å². The first-order chi connectivity index (χ1) is 8.13. The third-order valence-corrected chi connectivity index (χ3v) is 4.99. The first-order valence-corrected chi connectivity index (χ1v) is 7.59. The lowest BCUT2D eigenvalue weighted by molar-refractivity contribution is 0.0501. The summed E-state index contributed by atoms with van der Waals surface area (Å²) in [7, 11) is 0. The molecule has 1 heterocycles. The predicted molar refractivity (Wildman–Crippen MR) is 74.3 cm³/mol. The Morgan fingerprint density at radius 2 is 2.06 bits per heavy atom. The molecule has 1 saturated carbocycles. The molecule has 0 spiro atoms. The number of nitrogens with one attached hydrogen (secondary N) is 1. The van der Waals surface area contributed by atoms with Gasteiger partial charge in [-0.05, 0) is 57.0 Å². The van der Waals surface area contributed by atoms with Crippen molar-refractivity contribution in [3.05, 3.63) is 0 Å². The first-order valence-electron chi connectivity index (χ1n) is 7.59. The SMILES string of the molecule is CCC1(CN2CCC(C)NCC(C)C2)CCC1. The highest BCUT2D eigenvalue weighted by atomic mass is 15.1. The van der Waals surface area contributed by atoms with Gasteiger partial charge in [-0.2, -0.15) is 0 Å². The Morgan fingerprint density at radius 1 is 1.29 bits per heavy atom. The Bertz CT molecular complexity index is 230. The van der Waals surface area contributed by atoms with Crippen LogP contribution in [0.4, 0.5) is 0 Å². The van der Waals surface area contributed by atoms with Gasteiger partial charge in [-0.15, -0.1) is 0 Å². The molecule has 2 nitrogen and oxygen atoms in total. The molecule has 2 fully saturated rings. The summed E-state index contributed by atoms with van der Waals surface area (Å²) in [5.74, 6) is 0.798. The lowest BCUT2D eigenvalue weighted by Crippen LogP contribution is -2.48. The highest BCUT2D eigenvalue weighted by Crippen LogP contribution is 2.44. The maximum atomic E-state index is 3.63. The molecule has 17 heavy (non-hydrogen) atoms. The summed E-state index contributed by atoms with van der Waals surface area (Å²) in [6.07, 6.45) is 7.11. The lowest BCUT2D eigenvalue weighted by Gasteiger charge is -2.46. The molecule has 1 aliphatic carbocycles. The molecule has 0 aromatic heterocycles. The quantitative estimate of drug-likeness (QED) is 0.813. The van der Waals surface area contributed by atoms with Crippen molar-refractivity contribution >= 4 is 0 Å². The molecule has 0 aromatic rings. The fourth-order valence-electron chi connectivity index (χ4n) is 3.40. The van der Waals surface area contributed by atoms with Crippen molar-refractivity contribution in [1.82, 2.24) is 10.2 Å². The van der Waals surface area contributed by atoms with E-state index in [9.17, 15) is 0 Å². The first kappa shape index (κ1) is 13.4. The molecule has 2 rings (SSSR count). The minimum absolute atomic E-state index is 0.690. The second kappa shape index (κ2) is 5.71. The van der Waals surface area contributed by atoms with Gasteiger partial charge in [-0.1, -0.05) is 20.3 Å². The molecule has 1 N–H and O–H groups in total. The van der Waals surface area contributed by atoms with Crippen LogP contribution in [0.15, 0.2) is 0 Å². The van der Waals surface area contributed by atoms with Crippen LogP contribution in [0.25, 0.3) is 0 Å². The molecular formula is C15H30N2. The molecule has 1 saturated heterocycles. The van der Waals surface area contributed by atoms with Gasteiger partial charge in [0.05, 0.1) is 0 Å². The molecule has 2 aliphatic rings. The van der Waals surface area contributed by atoms with E-state index in [2.05, 4.69) is 31.0 Å². The van der Waals surface area contributed by atoms with E-state index in [0.29, 0.717) is 11.5 Å². The zero-order valence-electron chi connectivity index (χ0n) is 12.0. The van der Waals surface area contributed by atoms with E-state index in [4.69, 9.17) is 0 Å². The van der Waals surface area contributed by atoms with Gasteiger partial charge in [0.25, 0.3) is 0 Å². The monoisotopic (exact) mass is 238 g/mol. The molecule has 2 unspecified atom stereocenters. The van der Waals surface area contributed by atoms with E-state index in [0.717, 1.165) is 5.92 Å². The van der Waals surface area contributed by atoms with Crippen molar-refractivity contribution in [3.63, 3.8) is 0 Å². The van der Waals surface area contributed by atoms with Crippen LogP contribution in [0.5, 0.6) is 0 Å². The summed E-state index contributed by atoms with van der Waals surface area (Å²) in [5, 5.41) is 3.63. The molecule has 100 valence electrons. The van der Waals surface area contributed by atoms with Crippen LogP contribution in [0.2, 0.25) is 0 Å². The smallest absolute Gasteiger partial charge is 0.00510 e. The zero-order valence-corrected chi connectivity index (χ0v) is 12.0. The predicted octanol–water partition coefficient (Wildman–Crippen LogP) is 2.89. The van der Waals surface area contributed by atoms with Crippen LogP contribution in [-0.4, -0.2) is 37.1 Å². The third kappa shape index (κ3) is 3.45. The van der Waals surface area contributed by atoms with Gasteiger partial charge in [-0.3, -0.25) is 0 Å². The number of rotatable bonds is 3. The number of hydrogen-bond donors (Lipinski definition) is 1. The van der Waals surface area contributed by atoms with Crippen LogP contribution >= 0.6 is 0 Å². The van der Waals surface area contributed by atoms with E-state index < -0.39 is 0 Å². The van der Waals surface area contributed by atoms with E-state index in [1.165, 1.54) is 58.3 Å². The third-order valence-electron chi connectivity index (χ3n) is 4.99. The number of hydrogen-bond acceptors (Lipinski definition) is 2. The van der Waals surface area contributed by atoms with Crippen LogP contribution in [-0.2, 0) is 0 Å². The summed E-state index contributed by atoms with van der Waals surface area (Å²) < 4.78 is 0. The summed E-state index contributed by atoms with van der Waals surface area (Å²) in [6, 6.07) is 0.694. The molecular weight excluding hydrogens is 208 g/mol. The maximum absolute atomic E-state index is 3.63. The van der Waals surface area contributed by atoms with E-state index in [1.54, 1.807) is 0 Å². The van der Waals surface area contributed by atoms with Crippen LogP contribution in [0.1, 0.15) is 52.9 Å². The molecule has 0 radical (unpaired) electrons.